The highest BCUT2D eigenvalue weighted by Gasteiger charge is 2.45. The summed E-state index contributed by atoms with van der Waals surface area (Å²) in [5, 5.41) is 14.8. The predicted octanol–water partition coefficient (Wildman–Crippen LogP) is 2.53. The number of ether oxygens (including phenoxy) is 1. The van der Waals surface area contributed by atoms with Crippen molar-refractivity contribution in [2.45, 2.75) is 31.3 Å². The van der Waals surface area contributed by atoms with Crippen molar-refractivity contribution in [3.05, 3.63) is 47.0 Å². The SMILES string of the molecule is COc1ccc(Cl)cc1-c1ccc2c(c1)C(=O)N1CC[C@H](NC(=O)CCC(=O)O)[C@H]1C(=O)N2. The number of anilines is 1. The number of rotatable bonds is 6. The van der Waals surface area contributed by atoms with Gasteiger partial charge in [-0.1, -0.05) is 17.7 Å². The minimum absolute atomic E-state index is 0.195. The van der Waals surface area contributed by atoms with E-state index < -0.39 is 29.9 Å². The third kappa shape index (κ3) is 4.49. The van der Waals surface area contributed by atoms with Gasteiger partial charge in [-0.3, -0.25) is 19.2 Å². The van der Waals surface area contributed by atoms with Gasteiger partial charge in [0.2, 0.25) is 11.8 Å². The van der Waals surface area contributed by atoms with Crippen LogP contribution < -0.4 is 15.4 Å². The van der Waals surface area contributed by atoms with Crippen molar-refractivity contribution in [1.29, 1.82) is 0 Å². The fourth-order valence-electron chi connectivity index (χ4n) is 4.26. The Balaban J connectivity index is 1.62. The molecule has 2 aliphatic heterocycles. The second-order valence-corrected chi connectivity index (χ2v) is 8.33. The zero-order valence-electron chi connectivity index (χ0n) is 17.8. The molecule has 2 atom stereocenters. The van der Waals surface area contributed by atoms with Gasteiger partial charge in [-0.2, -0.15) is 0 Å². The van der Waals surface area contributed by atoms with Crippen molar-refractivity contribution in [1.82, 2.24) is 10.2 Å². The predicted molar refractivity (Wildman–Crippen MR) is 120 cm³/mol. The van der Waals surface area contributed by atoms with E-state index in [9.17, 15) is 19.2 Å². The molecule has 0 aliphatic carbocycles. The van der Waals surface area contributed by atoms with Gasteiger partial charge in [0, 0.05) is 23.6 Å². The number of halogens is 1. The first-order chi connectivity index (χ1) is 15.8. The molecular weight excluding hydrogens is 450 g/mol. The highest BCUT2D eigenvalue weighted by molar-refractivity contribution is 6.31. The summed E-state index contributed by atoms with van der Waals surface area (Å²) in [7, 11) is 1.54. The molecule has 3 N–H and O–H groups in total. The third-order valence-corrected chi connectivity index (χ3v) is 6.06. The molecule has 1 saturated heterocycles. The van der Waals surface area contributed by atoms with Crippen LogP contribution in [0.2, 0.25) is 5.02 Å². The largest absolute Gasteiger partial charge is 0.496 e. The van der Waals surface area contributed by atoms with Gasteiger partial charge in [0.1, 0.15) is 11.8 Å². The van der Waals surface area contributed by atoms with E-state index in [4.69, 9.17) is 21.4 Å². The molecule has 10 heteroatoms. The van der Waals surface area contributed by atoms with Gasteiger partial charge in [-0.05, 0) is 42.3 Å². The Morgan fingerprint density at radius 3 is 2.70 bits per heavy atom. The van der Waals surface area contributed by atoms with E-state index in [0.717, 1.165) is 0 Å². The standard InChI is InChI=1S/C23H22ClN3O6/c1-33-18-5-3-13(24)11-14(18)12-2-4-16-15(10-12)23(32)27-9-8-17(21(27)22(31)26-16)25-19(28)6-7-20(29)30/h2-5,10-11,17,21H,6-9H2,1H3,(H,25,28)(H,26,31)(H,29,30)/t17-,21-/m0/s1. The monoisotopic (exact) mass is 471 g/mol. The van der Waals surface area contributed by atoms with E-state index in [1.807, 2.05) is 0 Å². The van der Waals surface area contributed by atoms with Gasteiger partial charge in [0.15, 0.2) is 0 Å². The number of fused-ring (bicyclic) bond motifs is 2. The zero-order chi connectivity index (χ0) is 23.7. The summed E-state index contributed by atoms with van der Waals surface area (Å²) >= 11 is 6.16. The molecule has 2 aliphatic rings. The van der Waals surface area contributed by atoms with Crippen molar-refractivity contribution in [3.8, 4) is 16.9 Å². The van der Waals surface area contributed by atoms with Crippen LogP contribution in [0.1, 0.15) is 29.6 Å². The Morgan fingerprint density at radius 1 is 1.18 bits per heavy atom. The number of hydrogen-bond donors (Lipinski definition) is 3. The summed E-state index contributed by atoms with van der Waals surface area (Å²) in [5.41, 5.74) is 2.10. The highest BCUT2D eigenvalue weighted by Crippen LogP contribution is 2.36. The van der Waals surface area contributed by atoms with Gasteiger partial charge >= 0.3 is 5.97 Å². The normalized spacial score (nSPS) is 19.3. The first kappa shape index (κ1) is 22.6. The summed E-state index contributed by atoms with van der Waals surface area (Å²) < 4.78 is 5.42. The molecule has 0 radical (unpaired) electrons. The molecule has 172 valence electrons. The Bertz CT molecular complexity index is 1150. The van der Waals surface area contributed by atoms with E-state index >= 15 is 0 Å². The maximum atomic E-state index is 13.4. The van der Waals surface area contributed by atoms with Crippen molar-refractivity contribution in [3.63, 3.8) is 0 Å². The van der Waals surface area contributed by atoms with Gasteiger partial charge < -0.3 is 25.4 Å². The van der Waals surface area contributed by atoms with Crippen LogP contribution >= 0.6 is 11.6 Å². The lowest BCUT2D eigenvalue weighted by atomic mass is 10.0. The first-order valence-corrected chi connectivity index (χ1v) is 10.8. The van der Waals surface area contributed by atoms with Crippen LogP contribution in [0.5, 0.6) is 5.75 Å². The first-order valence-electron chi connectivity index (χ1n) is 10.4. The minimum atomic E-state index is -1.08. The molecule has 0 bridgehead atoms. The molecule has 0 unspecified atom stereocenters. The number of nitrogens with one attached hydrogen (secondary N) is 2. The fourth-order valence-corrected chi connectivity index (χ4v) is 4.43. The lowest BCUT2D eigenvalue weighted by Gasteiger charge is -2.25. The maximum absolute atomic E-state index is 13.4. The Hall–Kier alpha value is -3.59. The van der Waals surface area contributed by atoms with Crippen LogP contribution in [0.15, 0.2) is 36.4 Å². The molecule has 33 heavy (non-hydrogen) atoms. The van der Waals surface area contributed by atoms with Gasteiger partial charge in [-0.25, -0.2) is 0 Å². The van der Waals surface area contributed by atoms with E-state index in [-0.39, 0.29) is 25.3 Å². The number of methoxy groups -OCH3 is 1. The molecule has 0 spiro atoms. The summed E-state index contributed by atoms with van der Waals surface area (Å²) in [6.07, 6.45) is -0.113. The number of carboxylic acids is 1. The molecule has 2 aromatic rings. The Labute approximate surface area is 194 Å². The summed E-state index contributed by atoms with van der Waals surface area (Å²) in [6, 6.07) is 8.81. The van der Waals surface area contributed by atoms with Gasteiger partial charge in [0.05, 0.1) is 30.8 Å². The smallest absolute Gasteiger partial charge is 0.303 e. The van der Waals surface area contributed by atoms with Crippen molar-refractivity contribution in [2.75, 3.05) is 19.0 Å². The maximum Gasteiger partial charge on any atom is 0.303 e. The average Bonchev–Trinajstić information content (AvgIpc) is 3.16. The topological polar surface area (TPSA) is 125 Å². The second-order valence-electron chi connectivity index (χ2n) is 7.89. The van der Waals surface area contributed by atoms with Crippen LogP contribution in [-0.4, -0.2) is 59.4 Å². The molecule has 0 saturated carbocycles. The van der Waals surface area contributed by atoms with E-state index in [1.54, 1.807) is 43.5 Å². The summed E-state index contributed by atoms with van der Waals surface area (Å²) in [5.74, 6) is -1.70. The fraction of sp³-hybridized carbons (Fsp3) is 0.304. The van der Waals surface area contributed by atoms with Crippen LogP contribution in [0, 0.1) is 0 Å². The number of hydrogen-bond acceptors (Lipinski definition) is 5. The number of amides is 3. The van der Waals surface area contributed by atoms with Crippen LogP contribution in [0.4, 0.5) is 5.69 Å². The Kier molecular flexibility index (Phi) is 6.24. The molecular formula is C23H22ClN3O6. The van der Waals surface area contributed by atoms with E-state index in [0.29, 0.717) is 39.6 Å². The van der Waals surface area contributed by atoms with Crippen LogP contribution in [-0.2, 0) is 14.4 Å². The van der Waals surface area contributed by atoms with Gasteiger partial charge in [0.25, 0.3) is 5.91 Å². The highest BCUT2D eigenvalue weighted by atomic mass is 35.5. The quantitative estimate of drug-likeness (QED) is 0.594. The summed E-state index contributed by atoms with van der Waals surface area (Å²) in [4.78, 5) is 50.7. The van der Waals surface area contributed by atoms with Gasteiger partial charge in [-0.15, -0.1) is 0 Å². The number of benzene rings is 2. The second kappa shape index (κ2) is 9.11. The molecule has 2 aromatic carbocycles. The van der Waals surface area contributed by atoms with Crippen molar-refractivity contribution < 1.29 is 29.0 Å². The van der Waals surface area contributed by atoms with E-state index in [1.165, 1.54) is 4.90 Å². The van der Waals surface area contributed by atoms with E-state index in [2.05, 4.69) is 10.6 Å². The number of nitrogens with zero attached hydrogens (tertiary/aromatic N) is 1. The number of carbonyl (C=O) groups is 4. The lowest BCUT2D eigenvalue weighted by Crippen LogP contribution is -2.51. The summed E-state index contributed by atoms with van der Waals surface area (Å²) in [6.45, 7) is 0.283. The lowest BCUT2D eigenvalue weighted by molar-refractivity contribution is -0.139. The van der Waals surface area contributed by atoms with Crippen molar-refractivity contribution in [2.24, 2.45) is 0 Å². The number of carbonyl (C=O) groups excluding carboxylic acids is 3. The molecule has 9 nitrogen and oxygen atoms in total. The number of carboxylic acid groups (broad SMARTS) is 1. The Morgan fingerprint density at radius 2 is 1.97 bits per heavy atom. The average molecular weight is 472 g/mol. The molecule has 0 aromatic heterocycles. The van der Waals surface area contributed by atoms with Crippen molar-refractivity contribution >= 4 is 41.0 Å². The minimum Gasteiger partial charge on any atom is -0.496 e. The van der Waals surface area contributed by atoms with Crippen LogP contribution in [0.3, 0.4) is 0 Å². The van der Waals surface area contributed by atoms with Crippen LogP contribution in [0.25, 0.3) is 11.1 Å². The molecule has 4 rings (SSSR count). The third-order valence-electron chi connectivity index (χ3n) is 5.82. The molecule has 2 heterocycles. The molecule has 1 fully saturated rings. The molecule has 3 amide bonds. The number of aliphatic carboxylic acids is 1. The zero-order valence-corrected chi connectivity index (χ0v) is 18.5.